The number of azo groups is 1. The third-order valence-electron chi connectivity index (χ3n) is 7.64. The summed E-state index contributed by atoms with van der Waals surface area (Å²) in [6.07, 6.45) is 4.28. The number of nitrogens with zero attached hydrogens (tertiary/aromatic N) is 5. The largest absolute Gasteiger partial charge is 0.493 e. The van der Waals surface area contributed by atoms with Gasteiger partial charge in [-0.1, -0.05) is 55.0 Å². The van der Waals surface area contributed by atoms with Crippen molar-refractivity contribution in [3.63, 3.8) is 0 Å². The number of hydrogen-bond donors (Lipinski definition) is 1. The van der Waals surface area contributed by atoms with Crippen molar-refractivity contribution in [2.24, 2.45) is 16.1 Å². The topological polar surface area (TPSA) is 102 Å². The van der Waals surface area contributed by atoms with Crippen molar-refractivity contribution in [3.8, 4) is 5.88 Å². The van der Waals surface area contributed by atoms with Crippen molar-refractivity contribution in [1.29, 1.82) is 0 Å². The zero-order valence-corrected chi connectivity index (χ0v) is 22.9. The third kappa shape index (κ3) is 4.46. The first-order valence-corrected chi connectivity index (χ1v) is 14.0. The lowest BCUT2D eigenvalue weighted by Crippen LogP contribution is -2.28. The Morgan fingerprint density at radius 1 is 1.21 bits per heavy atom. The van der Waals surface area contributed by atoms with Crippen LogP contribution in [0.25, 0.3) is 21.1 Å². The van der Waals surface area contributed by atoms with Gasteiger partial charge in [-0.15, -0.1) is 21.6 Å². The van der Waals surface area contributed by atoms with Crippen LogP contribution in [0.3, 0.4) is 0 Å². The van der Waals surface area contributed by atoms with E-state index in [9.17, 15) is 14.7 Å². The van der Waals surface area contributed by atoms with E-state index >= 15 is 0 Å². The maximum atomic E-state index is 13.5. The molecule has 0 saturated heterocycles. The zero-order valence-electron chi connectivity index (χ0n) is 22.1. The predicted octanol–water partition coefficient (Wildman–Crippen LogP) is 6.47. The monoisotopic (exact) mass is 539 g/mol. The first kappa shape index (κ1) is 25.2. The van der Waals surface area contributed by atoms with E-state index in [-0.39, 0.29) is 17.1 Å². The second-order valence-electron chi connectivity index (χ2n) is 10.5. The number of rotatable bonds is 5. The number of para-hydroxylation sites is 1. The fourth-order valence-corrected chi connectivity index (χ4v) is 6.67. The number of aryl methyl sites for hydroxylation is 2. The molecule has 5 aromatic rings. The van der Waals surface area contributed by atoms with Crippen molar-refractivity contribution < 1.29 is 9.90 Å². The van der Waals surface area contributed by atoms with Crippen molar-refractivity contribution in [1.82, 2.24) is 14.1 Å². The van der Waals surface area contributed by atoms with Crippen LogP contribution in [0.1, 0.15) is 47.9 Å². The number of aromatic hydroxyl groups is 1. The Morgan fingerprint density at radius 3 is 2.77 bits per heavy atom. The maximum Gasteiger partial charge on any atom is 0.287 e. The molecule has 2 aromatic carbocycles. The van der Waals surface area contributed by atoms with Crippen LogP contribution in [0.4, 0.5) is 5.69 Å². The molecule has 0 radical (unpaired) electrons. The highest BCUT2D eigenvalue weighted by atomic mass is 32.1. The normalized spacial score (nSPS) is 16.2. The van der Waals surface area contributed by atoms with Crippen LogP contribution in [-0.4, -0.2) is 25.1 Å². The summed E-state index contributed by atoms with van der Waals surface area (Å²) in [5.74, 6) is -0.0703. The van der Waals surface area contributed by atoms with E-state index in [2.05, 4.69) is 22.1 Å². The van der Waals surface area contributed by atoms with Gasteiger partial charge in [0, 0.05) is 10.3 Å². The van der Waals surface area contributed by atoms with Crippen LogP contribution in [-0.2, 0) is 24.2 Å². The number of hydrogen-bond acceptors (Lipinski definition) is 6. The Balaban J connectivity index is 1.32. The Hall–Kier alpha value is -4.11. The molecule has 198 valence electrons. The molecule has 0 unspecified atom stereocenters. The standard InChI is InChI=1S/C30H29N5O3S/c1-17-8-11-20(12-9-17)15-34-23-7-5-4-6-21(23)26(30(34)38)32-33-27(36)19(3)35-16-31-28-25(29(35)37)22-13-10-18(2)14-24(22)39-28/h4-9,11-12,16,18-19,38H,10,13-15H2,1-3H3/t18-,19+/m0/s1. The quantitative estimate of drug-likeness (QED) is 0.259. The fourth-order valence-electron chi connectivity index (χ4n) is 5.33. The molecule has 3 heterocycles. The van der Waals surface area contributed by atoms with Gasteiger partial charge in [0.2, 0.25) is 5.88 Å². The van der Waals surface area contributed by atoms with Gasteiger partial charge in [0.05, 0.1) is 23.8 Å². The Labute approximate surface area is 229 Å². The number of fused-ring (bicyclic) bond motifs is 4. The van der Waals surface area contributed by atoms with E-state index in [0.29, 0.717) is 23.2 Å². The van der Waals surface area contributed by atoms with Crippen LogP contribution < -0.4 is 5.56 Å². The molecule has 1 amide bonds. The molecule has 39 heavy (non-hydrogen) atoms. The molecule has 3 aromatic heterocycles. The van der Waals surface area contributed by atoms with Crippen LogP contribution in [0.5, 0.6) is 5.88 Å². The lowest BCUT2D eigenvalue weighted by molar-refractivity contribution is -0.121. The third-order valence-corrected chi connectivity index (χ3v) is 8.81. The van der Waals surface area contributed by atoms with Gasteiger partial charge in [0.1, 0.15) is 10.9 Å². The predicted molar refractivity (Wildman–Crippen MR) is 153 cm³/mol. The number of benzene rings is 2. The van der Waals surface area contributed by atoms with Gasteiger partial charge in [-0.05, 0) is 56.2 Å². The maximum absolute atomic E-state index is 13.5. The summed E-state index contributed by atoms with van der Waals surface area (Å²) in [7, 11) is 0. The number of thiophene rings is 1. The highest BCUT2D eigenvalue weighted by molar-refractivity contribution is 7.18. The first-order chi connectivity index (χ1) is 18.8. The lowest BCUT2D eigenvalue weighted by Gasteiger charge is -2.17. The summed E-state index contributed by atoms with van der Waals surface area (Å²) < 4.78 is 3.10. The molecule has 1 aliphatic rings. The van der Waals surface area contributed by atoms with Crippen LogP contribution in [0, 0.1) is 12.8 Å². The molecule has 1 aliphatic carbocycles. The highest BCUT2D eigenvalue weighted by Gasteiger charge is 2.25. The second kappa shape index (κ2) is 9.89. The minimum Gasteiger partial charge on any atom is -0.493 e. The summed E-state index contributed by atoms with van der Waals surface area (Å²) in [6, 6.07) is 14.7. The Morgan fingerprint density at radius 2 is 1.97 bits per heavy atom. The smallest absolute Gasteiger partial charge is 0.287 e. The molecule has 2 atom stereocenters. The van der Waals surface area contributed by atoms with Gasteiger partial charge in [0.15, 0.2) is 5.69 Å². The molecule has 9 heteroatoms. The van der Waals surface area contributed by atoms with Crippen LogP contribution in [0.15, 0.2) is 69.9 Å². The van der Waals surface area contributed by atoms with Gasteiger partial charge < -0.3 is 9.67 Å². The molecule has 0 spiro atoms. The van der Waals surface area contributed by atoms with Crippen LogP contribution in [0.2, 0.25) is 0 Å². The van der Waals surface area contributed by atoms with E-state index in [1.807, 2.05) is 55.5 Å². The highest BCUT2D eigenvalue weighted by Crippen LogP contribution is 2.39. The number of carbonyl (C=O) groups is 1. The molecule has 1 N–H and O–H groups in total. The average Bonchev–Trinajstić information content (AvgIpc) is 3.43. The van der Waals surface area contributed by atoms with Crippen molar-refractivity contribution in [3.05, 3.63) is 86.8 Å². The molecule has 6 rings (SSSR count). The van der Waals surface area contributed by atoms with Crippen molar-refractivity contribution in [2.45, 2.75) is 52.6 Å². The molecule has 0 fully saturated rings. The summed E-state index contributed by atoms with van der Waals surface area (Å²) in [5, 5.41) is 20.5. The van der Waals surface area contributed by atoms with Gasteiger partial charge in [-0.3, -0.25) is 14.2 Å². The number of aromatic nitrogens is 3. The fraction of sp³-hybridized carbons (Fsp3) is 0.300. The minimum atomic E-state index is -0.890. The van der Waals surface area contributed by atoms with Gasteiger partial charge in [-0.2, -0.15) is 0 Å². The molecule has 0 aliphatic heterocycles. The van der Waals surface area contributed by atoms with Crippen molar-refractivity contribution in [2.75, 3.05) is 0 Å². The Bertz CT molecular complexity index is 1810. The van der Waals surface area contributed by atoms with E-state index in [0.717, 1.165) is 46.3 Å². The Kier molecular flexibility index (Phi) is 6.38. The van der Waals surface area contributed by atoms with Gasteiger partial charge >= 0.3 is 0 Å². The molecule has 0 saturated carbocycles. The molecular weight excluding hydrogens is 510 g/mol. The average molecular weight is 540 g/mol. The summed E-state index contributed by atoms with van der Waals surface area (Å²) >= 11 is 1.58. The summed E-state index contributed by atoms with van der Waals surface area (Å²) in [6.45, 7) is 6.32. The van der Waals surface area contributed by atoms with E-state index in [1.54, 1.807) is 22.8 Å². The second-order valence-corrected chi connectivity index (χ2v) is 11.5. The summed E-state index contributed by atoms with van der Waals surface area (Å²) in [4.78, 5) is 33.0. The minimum absolute atomic E-state index is 0.0691. The lowest BCUT2D eigenvalue weighted by atomic mass is 9.89. The van der Waals surface area contributed by atoms with Crippen molar-refractivity contribution >= 4 is 44.1 Å². The van der Waals surface area contributed by atoms with Gasteiger partial charge in [-0.25, -0.2) is 4.98 Å². The zero-order chi connectivity index (χ0) is 27.3. The number of carbonyl (C=O) groups excluding carboxylic acids is 1. The SMILES string of the molecule is Cc1ccc(Cn2c(O)c(N=NC(=O)[C@@H](C)n3cnc4sc5c(c4c3=O)CC[C@H](C)C5)c3ccccc32)cc1. The first-order valence-electron chi connectivity index (χ1n) is 13.1. The number of amides is 1. The molecule has 8 nitrogen and oxygen atoms in total. The molecular formula is C30H29N5O3S. The molecule has 0 bridgehead atoms. The van der Waals surface area contributed by atoms with Gasteiger partial charge in [0.25, 0.3) is 11.5 Å². The van der Waals surface area contributed by atoms with E-state index in [4.69, 9.17) is 0 Å². The van der Waals surface area contributed by atoms with E-state index in [1.165, 1.54) is 15.8 Å². The van der Waals surface area contributed by atoms with Crippen LogP contribution >= 0.6 is 11.3 Å². The van der Waals surface area contributed by atoms with E-state index < -0.39 is 11.9 Å². The summed E-state index contributed by atoms with van der Waals surface area (Å²) in [5.41, 5.74) is 4.04.